The molecule has 0 aliphatic carbocycles. The number of hydrogen-bond acceptors (Lipinski definition) is 6. The Kier molecular flexibility index (Phi) is 7.49. The van der Waals surface area contributed by atoms with E-state index in [1.54, 1.807) is 0 Å². The van der Waals surface area contributed by atoms with Gasteiger partial charge in [-0.3, -0.25) is 5.10 Å². The summed E-state index contributed by atoms with van der Waals surface area (Å²) in [6, 6.07) is 11.5. The molecule has 0 saturated carbocycles. The van der Waals surface area contributed by atoms with Crippen molar-refractivity contribution in [3.63, 3.8) is 0 Å². The van der Waals surface area contributed by atoms with Crippen LogP contribution in [0, 0.1) is 20.8 Å². The smallest absolute Gasteiger partial charge is 0.162 e. The number of anilines is 2. The van der Waals surface area contributed by atoms with Crippen LogP contribution < -0.4 is 9.80 Å². The first kappa shape index (κ1) is 27.7. The van der Waals surface area contributed by atoms with Crippen LogP contribution in [0.15, 0.2) is 30.3 Å². The second-order valence-electron chi connectivity index (χ2n) is 12.3. The summed E-state index contributed by atoms with van der Waals surface area (Å²) in [6.07, 6.45) is 3.23. The fraction of sp³-hybridized carbons (Fsp3) is 0.500. The third-order valence-electron chi connectivity index (χ3n) is 9.12. The van der Waals surface area contributed by atoms with Crippen LogP contribution in [-0.4, -0.2) is 52.0 Å². The van der Waals surface area contributed by atoms with Gasteiger partial charge in [-0.2, -0.15) is 5.10 Å². The van der Waals surface area contributed by atoms with Crippen LogP contribution in [0.5, 0.6) is 0 Å². The second-order valence-corrected chi connectivity index (χ2v) is 12.3. The van der Waals surface area contributed by atoms with Crippen LogP contribution in [0.25, 0.3) is 22.3 Å². The van der Waals surface area contributed by atoms with Crippen LogP contribution in [0.4, 0.5) is 11.5 Å². The third kappa shape index (κ3) is 5.09. The molecule has 41 heavy (non-hydrogen) atoms. The summed E-state index contributed by atoms with van der Waals surface area (Å²) < 4.78 is 6.05. The van der Waals surface area contributed by atoms with Gasteiger partial charge in [0.1, 0.15) is 5.82 Å². The average Bonchev–Trinajstić information content (AvgIpc) is 3.33. The number of benzene rings is 2. The van der Waals surface area contributed by atoms with Crippen LogP contribution in [0.1, 0.15) is 80.1 Å². The van der Waals surface area contributed by atoms with Crippen molar-refractivity contribution >= 4 is 22.4 Å². The fourth-order valence-electron chi connectivity index (χ4n) is 6.77. The Bertz CT molecular complexity index is 1570. The van der Waals surface area contributed by atoms with E-state index in [2.05, 4.69) is 98.8 Å². The number of H-pyrrole nitrogens is 1. The lowest BCUT2D eigenvalue weighted by molar-refractivity contribution is 0.0378. The number of aryl methyl sites for hydroxylation is 3. The maximum atomic E-state index is 6.05. The van der Waals surface area contributed by atoms with E-state index in [1.165, 1.54) is 33.6 Å². The molecule has 0 spiro atoms. The topological polar surface area (TPSA) is 70.2 Å². The van der Waals surface area contributed by atoms with Gasteiger partial charge in [0, 0.05) is 66.6 Å². The molecule has 2 aromatic carbocycles. The van der Waals surface area contributed by atoms with Crippen LogP contribution in [0.2, 0.25) is 0 Å². The Balaban J connectivity index is 1.47. The number of fused-ring (bicyclic) bond motifs is 2. The maximum absolute atomic E-state index is 6.05. The van der Waals surface area contributed by atoms with Gasteiger partial charge < -0.3 is 14.5 Å². The van der Waals surface area contributed by atoms with Crippen molar-refractivity contribution in [1.29, 1.82) is 0 Å². The van der Waals surface area contributed by atoms with E-state index in [4.69, 9.17) is 14.7 Å². The number of aromatic nitrogens is 4. The number of piperidine rings is 1. The molecule has 0 unspecified atom stereocenters. The zero-order valence-corrected chi connectivity index (χ0v) is 25.7. The van der Waals surface area contributed by atoms with Gasteiger partial charge in [-0.25, -0.2) is 9.97 Å². The van der Waals surface area contributed by atoms with Crippen molar-refractivity contribution in [2.24, 2.45) is 0 Å². The van der Waals surface area contributed by atoms with E-state index in [-0.39, 0.29) is 0 Å². The molecule has 2 aromatic heterocycles. The minimum absolute atomic E-state index is 0.311. The third-order valence-corrected chi connectivity index (χ3v) is 9.12. The van der Waals surface area contributed by atoms with E-state index >= 15 is 0 Å². The number of hydrogen-bond donors (Lipinski definition) is 1. The fourth-order valence-corrected chi connectivity index (χ4v) is 6.77. The summed E-state index contributed by atoms with van der Waals surface area (Å²) in [5.41, 5.74) is 10.8. The SMILES string of the molecule is CCO[C@@H]1CCN(c2nc(-c3c(C)ccc4n[nH]c(C)c34)nc3c2CN(c2cc(C(C)C)ccc2C)CC3)[C@H](C)C1. The molecule has 1 N–H and O–H groups in total. The Hall–Kier alpha value is -3.45. The molecule has 4 aromatic rings. The molecule has 216 valence electrons. The van der Waals surface area contributed by atoms with Gasteiger partial charge in [-0.15, -0.1) is 0 Å². The number of nitrogens with zero attached hydrogens (tertiary/aromatic N) is 5. The lowest BCUT2D eigenvalue weighted by Crippen LogP contribution is -2.45. The van der Waals surface area contributed by atoms with E-state index in [0.717, 1.165) is 79.3 Å². The molecule has 7 heteroatoms. The molecular formula is C34H44N6O. The minimum Gasteiger partial charge on any atom is -0.378 e. The maximum Gasteiger partial charge on any atom is 0.162 e. The molecular weight excluding hydrogens is 508 g/mol. The normalized spacial score (nSPS) is 19.3. The summed E-state index contributed by atoms with van der Waals surface area (Å²) in [5.74, 6) is 2.40. The zero-order chi connectivity index (χ0) is 28.8. The predicted octanol–water partition coefficient (Wildman–Crippen LogP) is 7.03. The Morgan fingerprint density at radius 3 is 2.61 bits per heavy atom. The first-order chi connectivity index (χ1) is 19.7. The Morgan fingerprint density at radius 2 is 1.85 bits per heavy atom. The average molecular weight is 553 g/mol. The van der Waals surface area contributed by atoms with Crippen LogP contribution >= 0.6 is 0 Å². The molecule has 2 aliphatic rings. The molecule has 0 bridgehead atoms. The van der Waals surface area contributed by atoms with Crippen LogP contribution in [-0.2, 0) is 17.7 Å². The molecule has 1 saturated heterocycles. The number of nitrogens with one attached hydrogen (secondary N) is 1. The highest BCUT2D eigenvalue weighted by atomic mass is 16.5. The highest BCUT2D eigenvalue weighted by molar-refractivity contribution is 5.96. The van der Waals surface area contributed by atoms with Crippen molar-refractivity contribution in [1.82, 2.24) is 20.2 Å². The highest BCUT2D eigenvalue weighted by Gasteiger charge is 2.32. The molecule has 4 heterocycles. The quantitative estimate of drug-likeness (QED) is 0.277. The van der Waals surface area contributed by atoms with Gasteiger partial charge in [0.2, 0.25) is 0 Å². The van der Waals surface area contributed by atoms with E-state index < -0.39 is 0 Å². The van der Waals surface area contributed by atoms with Gasteiger partial charge in [0.05, 0.1) is 17.3 Å². The minimum atomic E-state index is 0.311. The van der Waals surface area contributed by atoms with E-state index in [0.29, 0.717) is 18.1 Å². The Labute approximate surface area is 244 Å². The monoisotopic (exact) mass is 552 g/mol. The lowest BCUT2D eigenvalue weighted by Gasteiger charge is -2.41. The predicted molar refractivity (Wildman–Crippen MR) is 168 cm³/mol. The highest BCUT2D eigenvalue weighted by Crippen LogP contribution is 2.38. The van der Waals surface area contributed by atoms with Crippen molar-refractivity contribution in [3.05, 3.63) is 64.0 Å². The summed E-state index contributed by atoms with van der Waals surface area (Å²) >= 11 is 0. The van der Waals surface area contributed by atoms with Crippen LogP contribution in [0.3, 0.4) is 0 Å². The molecule has 0 amide bonds. The molecule has 2 atom stereocenters. The number of rotatable bonds is 6. The largest absolute Gasteiger partial charge is 0.378 e. The standard InChI is InChI=1S/C34H44N6O/c1-8-41-26-13-16-40(23(6)17-26)34-27-19-39(30-18-25(20(2)3)11-9-21(30)4)15-14-28(27)35-33(36-34)31-22(5)10-12-29-32(31)24(7)37-38-29/h9-12,18,20,23,26H,8,13-17,19H2,1-7H3,(H,37,38)/t23-,26-/m1/s1. The first-order valence-corrected chi connectivity index (χ1v) is 15.3. The van der Waals surface area contributed by atoms with Gasteiger partial charge >= 0.3 is 0 Å². The van der Waals surface area contributed by atoms with Gasteiger partial charge in [0.25, 0.3) is 0 Å². The zero-order valence-electron chi connectivity index (χ0n) is 25.7. The van der Waals surface area contributed by atoms with Crippen molar-refractivity contribution in [2.45, 2.75) is 92.3 Å². The molecule has 6 rings (SSSR count). The second kappa shape index (κ2) is 11.1. The van der Waals surface area contributed by atoms with E-state index in [1.807, 2.05) is 0 Å². The van der Waals surface area contributed by atoms with Gasteiger partial charge in [-0.1, -0.05) is 32.0 Å². The van der Waals surface area contributed by atoms with Gasteiger partial charge in [0.15, 0.2) is 5.82 Å². The summed E-state index contributed by atoms with van der Waals surface area (Å²) in [5, 5.41) is 8.85. The summed E-state index contributed by atoms with van der Waals surface area (Å²) in [4.78, 5) is 15.8. The molecule has 1 fully saturated rings. The van der Waals surface area contributed by atoms with E-state index in [9.17, 15) is 0 Å². The summed E-state index contributed by atoms with van der Waals surface area (Å²) in [7, 11) is 0. The number of aromatic amines is 1. The molecule has 7 nitrogen and oxygen atoms in total. The number of ether oxygens (including phenoxy) is 1. The first-order valence-electron chi connectivity index (χ1n) is 15.3. The van der Waals surface area contributed by atoms with Crippen molar-refractivity contribution < 1.29 is 4.74 Å². The molecule has 0 radical (unpaired) electrons. The van der Waals surface area contributed by atoms with Gasteiger partial charge in [-0.05, 0) is 82.2 Å². The van der Waals surface area contributed by atoms with Crippen molar-refractivity contribution in [2.75, 3.05) is 29.5 Å². The molecule has 2 aliphatic heterocycles. The summed E-state index contributed by atoms with van der Waals surface area (Å²) in [6.45, 7) is 18.9. The van der Waals surface area contributed by atoms with Crippen molar-refractivity contribution in [3.8, 4) is 11.4 Å². The lowest BCUT2D eigenvalue weighted by atomic mass is 9.96. The Morgan fingerprint density at radius 1 is 1.05 bits per heavy atom.